The maximum absolute atomic E-state index is 5.40. The van der Waals surface area contributed by atoms with Gasteiger partial charge < -0.3 is 14.8 Å². The van der Waals surface area contributed by atoms with E-state index in [0.29, 0.717) is 6.79 Å². The molecule has 0 radical (unpaired) electrons. The fourth-order valence-corrected chi connectivity index (χ4v) is 2.29. The quantitative estimate of drug-likeness (QED) is 0.908. The van der Waals surface area contributed by atoms with E-state index in [-0.39, 0.29) is 6.04 Å². The van der Waals surface area contributed by atoms with Gasteiger partial charge in [-0.2, -0.15) is 5.10 Å². The molecule has 1 aliphatic heterocycles. The Hall–Kier alpha value is -2.01. The minimum atomic E-state index is 0.265. The molecule has 5 nitrogen and oxygen atoms in total. The van der Waals surface area contributed by atoms with E-state index in [2.05, 4.69) is 23.4 Å². The first-order valence-corrected chi connectivity index (χ1v) is 6.84. The SMILES string of the molecule is Cc1cnn(CCNC(C)c2ccc3c(c2)OCO3)c1. The van der Waals surface area contributed by atoms with Crippen LogP contribution < -0.4 is 14.8 Å². The van der Waals surface area contributed by atoms with Gasteiger partial charge in [-0.05, 0) is 37.1 Å². The predicted molar refractivity (Wildman–Crippen MR) is 75.9 cm³/mol. The largest absolute Gasteiger partial charge is 0.454 e. The van der Waals surface area contributed by atoms with E-state index in [1.54, 1.807) is 0 Å². The number of aryl methyl sites for hydroxylation is 1. The predicted octanol–water partition coefficient (Wildman–Crippen LogP) is 2.27. The lowest BCUT2D eigenvalue weighted by Crippen LogP contribution is -2.23. The third-order valence-corrected chi connectivity index (χ3v) is 3.45. The molecule has 0 spiro atoms. The minimum absolute atomic E-state index is 0.265. The molecule has 1 unspecified atom stereocenters. The zero-order chi connectivity index (χ0) is 13.9. The van der Waals surface area contributed by atoms with E-state index in [1.165, 1.54) is 11.1 Å². The van der Waals surface area contributed by atoms with E-state index >= 15 is 0 Å². The van der Waals surface area contributed by atoms with Gasteiger partial charge in [0.25, 0.3) is 0 Å². The summed E-state index contributed by atoms with van der Waals surface area (Å²) in [6.07, 6.45) is 3.92. The molecule has 0 saturated carbocycles. The Balaban J connectivity index is 1.55. The lowest BCUT2D eigenvalue weighted by molar-refractivity contribution is 0.174. The van der Waals surface area contributed by atoms with Crippen LogP contribution in [-0.4, -0.2) is 23.1 Å². The van der Waals surface area contributed by atoms with E-state index in [1.807, 2.05) is 36.1 Å². The topological polar surface area (TPSA) is 48.3 Å². The maximum atomic E-state index is 5.40. The number of benzene rings is 1. The normalized spacial score (nSPS) is 14.5. The van der Waals surface area contributed by atoms with Crippen molar-refractivity contribution in [3.05, 3.63) is 41.7 Å². The van der Waals surface area contributed by atoms with Crippen LogP contribution in [0.3, 0.4) is 0 Å². The third kappa shape index (κ3) is 2.77. The number of fused-ring (bicyclic) bond motifs is 1. The molecule has 0 aliphatic carbocycles. The molecule has 20 heavy (non-hydrogen) atoms. The highest BCUT2D eigenvalue weighted by Crippen LogP contribution is 2.34. The smallest absolute Gasteiger partial charge is 0.231 e. The summed E-state index contributed by atoms with van der Waals surface area (Å²) in [6, 6.07) is 6.34. The Bertz CT molecular complexity index is 595. The molecule has 2 aromatic rings. The molecule has 0 bridgehead atoms. The lowest BCUT2D eigenvalue weighted by atomic mass is 10.1. The molecule has 2 heterocycles. The van der Waals surface area contributed by atoms with Gasteiger partial charge >= 0.3 is 0 Å². The molecule has 0 fully saturated rings. The van der Waals surface area contributed by atoms with E-state index in [4.69, 9.17) is 9.47 Å². The van der Waals surface area contributed by atoms with Gasteiger partial charge in [-0.25, -0.2) is 0 Å². The van der Waals surface area contributed by atoms with Crippen molar-refractivity contribution < 1.29 is 9.47 Å². The van der Waals surface area contributed by atoms with Crippen LogP contribution >= 0.6 is 0 Å². The number of nitrogens with zero attached hydrogens (tertiary/aromatic N) is 2. The fraction of sp³-hybridized carbons (Fsp3) is 0.400. The van der Waals surface area contributed by atoms with Gasteiger partial charge in [0.05, 0.1) is 12.7 Å². The van der Waals surface area contributed by atoms with Crippen molar-refractivity contribution in [3.63, 3.8) is 0 Å². The highest BCUT2D eigenvalue weighted by atomic mass is 16.7. The zero-order valence-corrected chi connectivity index (χ0v) is 11.8. The Morgan fingerprint density at radius 2 is 2.20 bits per heavy atom. The van der Waals surface area contributed by atoms with Gasteiger partial charge in [-0.3, -0.25) is 4.68 Å². The van der Waals surface area contributed by atoms with Crippen LogP contribution in [0.4, 0.5) is 0 Å². The van der Waals surface area contributed by atoms with Crippen LogP contribution in [0.25, 0.3) is 0 Å². The van der Waals surface area contributed by atoms with Gasteiger partial charge in [0.15, 0.2) is 11.5 Å². The van der Waals surface area contributed by atoms with Crippen molar-refractivity contribution in [2.75, 3.05) is 13.3 Å². The summed E-state index contributed by atoms with van der Waals surface area (Å²) >= 11 is 0. The van der Waals surface area contributed by atoms with Crippen molar-refractivity contribution in [2.45, 2.75) is 26.4 Å². The fourth-order valence-electron chi connectivity index (χ4n) is 2.29. The van der Waals surface area contributed by atoms with Crippen molar-refractivity contribution in [1.82, 2.24) is 15.1 Å². The minimum Gasteiger partial charge on any atom is -0.454 e. The van der Waals surface area contributed by atoms with Gasteiger partial charge in [0, 0.05) is 18.8 Å². The first kappa shape index (κ1) is 13.0. The Kier molecular flexibility index (Phi) is 3.60. The van der Waals surface area contributed by atoms with Crippen LogP contribution in [0.2, 0.25) is 0 Å². The average Bonchev–Trinajstić information content (AvgIpc) is 3.06. The van der Waals surface area contributed by atoms with E-state index < -0.39 is 0 Å². The summed E-state index contributed by atoms with van der Waals surface area (Å²) in [6.45, 7) is 6.25. The summed E-state index contributed by atoms with van der Waals surface area (Å²) < 4.78 is 12.7. The van der Waals surface area contributed by atoms with Crippen LogP contribution in [0.1, 0.15) is 24.1 Å². The van der Waals surface area contributed by atoms with Crippen LogP contribution in [0.5, 0.6) is 11.5 Å². The summed E-state index contributed by atoms with van der Waals surface area (Å²) in [7, 11) is 0. The molecule has 1 aliphatic rings. The summed E-state index contributed by atoms with van der Waals surface area (Å²) in [5.41, 5.74) is 2.39. The summed E-state index contributed by atoms with van der Waals surface area (Å²) in [5.74, 6) is 1.66. The standard InChI is InChI=1S/C15H19N3O2/c1-11-8-17-18(9-11)6-5-16-12(2)13-3-4-14-15(7-13)20-10-19-14/h3-4,7-9,12,16H,5-6,10H2,1-2H3. The van der Waals surface area contributed by atoms with Crippen molar-refractivity contribution in [2.24, 2.45) is 0 Å². The number of nitrogens with one attached hydrogen (secondary N) is 1. The molecule has 0 saturated heterocycles. The second kappa shape index (κ2) is 5.54. The molecule has 1 aromatic carbocycles. The van der Waals surface area contributed by atoms with Crippen LogP contribution in [-0.2, 0) is 6.54 Å². The van der Waals surface area contributed by atoms with E-state index in [9.17, 15) is 0 Å². The summed E-state index contributed by atoms with van der Waals surface area (Å²) in [4.78, 5) is 0. The maximum Gasteiger partial charge on any atom is 0.231 e. The second-order valence-corrected chi connectivity index (χ2v) is 5.07. The Morgan fingerprint density at radius 3 is 3.00 bits per heavy atom. The Morgan fingerprint density at radius 1 is 1.35 bits per heavy atom. The monoisotopic (exact) mass is 273 g/mol. The molecule has 3 rings (SSSR count). The Labute approximate surface area is 118 Å². The van der Waals surface area contributed by atoms with Gasteiger partial charge in [0.1, 0.15) is 0 Å². The average molecular weight is 273 g/mol. The van der Waals surface area contributed by atoms with Gasteiger partial charge in [-0.15, -0.1) is 0 Å². The van der Waals surface area contributed by atoms with Crippen molar-refractivity contribution in [3.8, 4) is 11.5 Å². The van der Waals surface area contributed by atoms with Gasteiger partial charge in [0.2, 0.25) is 6.79 Å². The highest BCUT2D eigenvalue weighted by Gasteiger charge is 2.15. The molecule has 1 atom stereocenters. The summed E-state index contributed by atoms with van der Waals surface area (Å²) in [5, 5.41) is 7.76. The first-order chi connectivity index (χ1) is 9.72. The molecule has 5 heteroatoms. The van der Waals surface area contributed by atoms with Crippen molar-refractivity contribution >= 4 is 0 Å². The van der Waals surface area contributed by atoms with Crippen LogP contribution in [0, 0.1) is 6.92 Å². The van der Waals surface area contributed by atoms with E-state index in [0.717, 1.165) is 24.6 Å². The molecular formula is C15H19N3O2. The first-order valence-electron chi connectivity index (χ1n) is 6.84. The number of hydrogen-bond acceptors (Lipinski definition) is 4. The number of hydrogen-bond donors (Lipinski definition) is 1. The number of aromatic nitrogens is 2. The zero-order valence-electron chi connectivity index (χ0n) is 11.8. The van der Waals surface area contributed by atoms with Gasteiger partial charge in [-0.1, -0.05) is 6.07 Å². The second-order valence-electron chi connectivity index (χ2n) is 5.07. The molecule has 0 amide bonds. The molecule has 1 N–H and O–H groups in total. The number of ether oxygens (including phenoxy) is 2. The third-order valence-electron chi connectivity index (χ3n) is 3.45. The van der Waals surface area contributed by atoms with Crippen LogP contribution in [0.15, 0.2) is 30.6 Å². The number of rotatable bonds is 5. The van der Waals surface area contributed by atoms with Crippen molar-refractivity contribution in [1.29, 1.82) is 0 Å². The molecule has 1 aromatic heterocycles. The lowest BCUT2D eigenvalue weighted by Gasteiger charge is -2.14. The highest BCUT2D eigenvalue weighted by molar-refractivity contribution is 5.45. The molecule has 106 valence electrons. The molecular weight excluding hydrogens is 254 g/mol.